The van der Waals surface area contributed by atoms with Gasteiger partial charge in [0.1, 0.15) is 11.6 Å². The maximum atomic E-state index is 14.0. The lowest BCUT2D eigenvalue weighted by Gasteiger charge is -2.26. The molecular formula is C34H43F2N3O3. The van der Waals surface area contributed by atoms with Crippen LogP contribution in [0.5, 0.6) is 0 Å². The number of benzene rings is 3. The summed E-state index contributed by atoms with van der Waals surface area (Å²) in [6, 6.07) is 16.8. The van der Waals surface area contributed by atoms with Gasteiger partial charge in [-0.3, -0.25) is 9.69 Å². The van der Waals surface area contributed by atoms with Crippen molar-refractivity contribution in [2.75, 3.05) is 26.8 Å². The Kier molecular flexibility index (Phi) is 11.6. The van der Waals surface area contributed by atoms with Crippen LogP contribution in [-0.4, -0.2) is 60.9 Å². The van der Waals surface area contributed by atoms with Gasteiger partial charge in [0.15, 0.2) is 0 Å². The topological polar surface area (TPSA) is 73.8 Å². The molecule has 0 bridgehead atoms. The summed E-state index contributed by atoms with van der Waals surface area (Å²) in [6.07, 6.45) is 2.20. The maximum Gasteiger partial charge on any atom is 0.251 e. The number of rotatable bonds is 14. The number of carbonyl (C=O) groups excluding carboxylic acids is 1. The first-order valence-electron chi connectivity index (χ1n) is 14.8. The van der Waals surface area contributed by atoms with Crippen molar-refractivity contribution in [1.29, 1.82) is 0 Å². The first kappa shape index (κ1) is 31.8. The number of halogens is 2. The average molecular weight is 580 g/mol. The lowest BCUT2D eigenvalue weighted by molar-refractivity contribution is 0.0829. The lowest BCUT2D eigenvalue weighted by Crippen LogP contribution is -2.48. The highest BCUT2D eigenvalue weighted by Crippen LogP contribution is 2.22. The molecule has 1 aliphatic rings. The largest absolute Gasteiger partial charge is 0.390 e. The van der Waals surface area contributed by atoms with Crippen LogP contribution in [0.15, 0.2) is 60.7 Å². The van der Waals surface area contributed by atoms with E-state index in [2.05, 4.69) is 40.7 Å². The number of hydrogen-bond donors (Lipinski definition) is 3. The Hall–Kier alpha value is -3.17. The molecule has 0 radical (unpaired) electrons. The Morgan fingerprint density at radius 2 is 1.81 bits per heavy atom. The Morgan fingerprint density at radius 3 is 2.55 bits per heavy atom. The van der Waals surface area contributed by atoms with Gasteiger partial charge in [-0.05, 0) is 85.7 Å². The van der Waals surface area contributed by atoms with Crippen molar-refractivity contribution in [2.24, 2.45) is 0 Å². The number of hydrogen-bond acceptors (Lipinski definition) is 5. The third-order valence-corrected chi connectivity index (χ3v) is 7.88. The Morgan fingerprint density at radius 1 is 1.05 bits per heavy atom. The van der Waals surface area contributed by atoms with Crippen LogP contribution in [0.3, 0.4) is 0 Å². The molecule has 3 aromatic carbocycles. The number of carbonyl (C=O) groups is 1. The van der Waals surface area contributed by atoms with Crippen molar-refractivity contribution in [3.05, 3.63) is 106 Å². The molecule has 0 aromatic heterocycles. The van der Waals surface area contributed by atoms with Crippen LogP contribution in [0.25, 0.3) is 0 Å². The Labute approximate surface area is 248 Å². The van der Waals surface area contributed by atoms with Gasteiger partial charge in [-0.15, -0.1) is 0 Å². The number of aliphatic hydroxyl groups is 1. The molecule has 1 amide bonds. The van der Waals surface area contributed by atoms with Crippen LogP contribution in [0, 0.1) is 18.6 Å². The highest BCUT2D eigenvalue weighted by molar-refractivity contribution is 5.94. The second-order valence-electron chi connectivity index (χ2n) is 11.4. The van der Waals surface area contributed by atoms with E-state index in [9.17, 15) is 18.7 Å². The molecule has 0 saturated carbocycles. The van der Waals surface area contributed by atoms with E-state index in [0.717, 1.165) is 48.6 Å². The molecule has 1 aliphatic heterocycles. The molecule has 4 rings (SSSR count). The number of aliphatic hydroxyl groups excluding tert-OH is 1. The van der Waals surface area contributed by atoms with E-state index in [1.54, 1.807) is 7.11 Å². The standard InChI is InChI=1S/C34H43F2N3O3/c1-4-24-7-5-8-25(13-24)19-37-20-33(40)32(17-26-15-29(35)18-30(36)16-26)38-34(41)28-12-23(2)11-27(14-28)21-39-10-6-9-31(39)22-42-3/h5,7-8,11-16,18,31-33,37,40H,4,6,9-10,17,19-22H2,1-3H3,(H,38,41)/t31-,32-,33+/m0/s1. The van der Waals surface area contributed by atoms with Crippen molar-refractivity contribution in [1.82, 2.24) is 15.5 Å². The molecule has 42 heavy (non-hydrogen) atoms. The van der Waals surface area contributed by atoms with Crippen LogP contribution >= 0.6 is 0 Å². The Bertz CT molecular complexity index is 1310. The zero-order valence-electron chi connectivity index (χ0n) is 24.8. The predicted molar refractivity (Wildman–Crippen MR) is 161 cm³/mol. The van der Waals surface area contributed by atoms with Crippen molar-refractivity contribution < 1.29 is 23.4 Å². The first-order valence-corrected chi connectivity index (χ1v) is 14.8. The average Bonchev–Trinajstić information content (AvgIpc) is 3.38. The molecule has 1 saturated heterocycles. The van der Waals surface area contributed by atoms with Crippen molar-refractivity contribution >= 4 is 5.91 Å². The fourth-order valence-corrected chi connectivity index (χ4v) is 5.79. The molecule has 1 heterocycles. The number of amides is 1. The van der Waals surface area contributed by atoms with E-state index in [1.165, 1.54) is 17.7 Å². The number of methoxy groups -OCH3 is 1. The third-order valence-electron chi connectivity index (χ3n) is 7.88. The van der Waals surface area contributed by atoms with Gasteiger partial charge in [0.05, 0.1) is 18.8 Å². The van der Waals surface area contributed by atoms with E-state index in [0.29, 0.717) is 36.9 Å². The number of nitrogens with zero attached hydrogens (tertiary/aromatic N) is 1. The molecular weight excluding hydrogens is 536 g/mol. The molecule has 1 fully saturated rings. The number of ether oxygens (including phenoxy) is 1. The van der Waals surface area contributed by atoms with E-state index in [4.69, 9.17) is 4.74 Å². The molecule has 3 N–H and O–H groups in total. The summed E-state index contributed by atoms with van der Waals surface area (Å²) in [4.78, 5) is 15.9. The van der Waals surface area contributed by atoms with Gasteiger partial charge in [-0.1, -0.05) is 42.8 Å². The smallest absolute Gasteiger partial charge is 0.251 e. The minimum absolute atomic E-state index is 0.0692. The van der Waals surface area contributed by atoms with E-state index in [1.807, 2.05) is 31.2 Å². The second-order valence-corrected chi connectivity index (χ2v) is 11.4. The number of likely N-dealkylation sites (tertiary alicyclic amines) is 1. The number of nitrogens with one attached hydrogen (secondary N) is 2. The normalized spacial score (nSPS) is 16.9. The SMILES string of the molecule is CCc1cccc(CNC[C@@H](O)[C@H](Cc2cc(F)cc(F)c2)NC(=O)c2cc(C)cc(CN3CCC[C@H]3COC)c2)c1. The van der Waals surface area contributed by atoms with Gasteiger partial charge in [0, 0.05) is 44.4 Å². The first-order chi connectivity index (χ1) is 20.2. The summed E-state index contributed by atoms with van der Waals surface area (Å²) in [5, 5.41) is 17.4. The number of aryl methyl sites for hydroxylation is 2. The minimum Gasteiger partial charge on any atom is -0.390 e. The maximum absolute atomic E-state index is 14.0. The van der Waals surface area contributed by atoms with Gasteiger partial charge in [0.2, 0.25) is 0 Å². The van der Waals surface area contributed by atoms with E-state index >= 15 is 0 Å². The molecule has 3 aromatic rings. The van der Waals surface area contributed by atoms with E-state index < -0.39 is 23.8 Å². The monoisotopic (exact) mass is 579 g/mol. The molecule has 0 spiro atoms. The van der Waals surface area contributed by atoms with Gasteiger partial charge in [-0.2, -0.15) is 0 Å². The molecule has 0 aliphatic carbocycles. The van der Waals surface area contributed by atoms with Gasteiger partial charge < -0.3 is 20.5 Å². The summed E-state index contributed by atoms with van der Waals surface area (Å²) in [7, 11) is 1.72. The minimum atomic E-state index is -1.00. The lowest BCUT2D eigenvalue weighted by atomic mass is 9.99. The van der Waals surface area contributed by atoms with Crippen LogP contribution in [0.2, 0.25) is 0 Å². The zero-order chi connectivity index (χ0) is 30.1. The highest BCUT2D eigenvalue weighted by atomic mass is 19.1. The van der Waals surface area contributed by atoms with Gasteiger partial charge in [0.25, 0.3) is 5.91 Å². The molecule has 8 heteroatoms. The third kappa shape index (κ3) is 9.16. The van der Waals surface area contributed by atoms with Crippen LogP contribution in [-0.2, 0) is 30.7 Å². The summed E-state index contributed by atoms with van der Waals surface area (Å²) in [6.45, 7) is 7.16. The molecule has 0 unspecified atom stereocenters. The molecule has 6 nitrogen and oxygen atoms in total. The summed E-state index contributed by atoms with van der Waals surface area (Å²) >= 11 is 0. The molecule has 226 valence electrons. The molecule has 3 atom stereocenters. The second kappa shape index (κ2) is 15.3. The van der Waals surface area contributed by atoms with Gasteiger partial charge >= 0.3 is 0 Å². The van der Waals surface area contributed by atoms with Crippen LogP contribution in [0.1, 0.15) is 57.9 Å². The van der Waals surface area contributed by atoms with Crippen molar-refractivity contribution in [3.63, 3.8) is 0 Å². The summed E-state index contributed by atoms with van der Waals surface area (Å²) < 4.78 is 33.3. The van der Waals surface area contributed by atoms with E-state index in [-0.39, 0.29) is 18.9 Å². The Balaban J connectivity index is 1.47. The van der Waals surface area contributed by atoms with Crippen LogP contribution in [0.4, 0.5) is 8.78 Å². The summed E-state index contributed by atoms with van der Waals surface area (Å²) in [5.41, 5.74) is 5.15. The predicted octanol–water partition coefficient (Wildman–Crippen LogP) is 4.94. The van der Waals surface area contributed by atoms with Crippen molar-refractivity contribution in [2.45, 2.75) is 70.8 Å². The fraction of sp³-hybridized carbons (Fsp3) is 0.441. The van der Waals surface area contributed by atoms with Gasteiger partial charge in [-0.25, -0.2) is 8.78 Å². The summed E-state index contributed by atoms with van der Waals surface area (Å²) in [5.74, 6) is -1.74. The van der Waals surface area contributed by atoms with Crippen LogP contribution < -0.4 is 10.6 Å². The quantitative estimate of drug-likeness (QED) is 0.252. The zero-order valence-corrected chi connectivity index (χ0v) is 24.8. The van der Waals surface area contributed by atoms with Crippen molar-refractivity contribution in [3.8, 4) is 0 Å². The highest BCUT2D eigenvalue weighted by Gasteiger charge is 2.26. The fourth-order valence-electron chi connectivity index (χ4n) is 5.79.